The first-order valence-electron chi connectivity index (χ1n) is 4.80. The molecule has 0 saturated heterocycles. The van der Waals surface area contributed by atoms with E-state index in [1.54, 1.807) is 6.08 Å². The molecule has 0 rings (SSSR count). The van der Waals surface area contributed by atoms with Crippen molar-refractivity contribution in [1.82, 2.24) is 5.32 Å². The first-order chi connectivity index (χ1) is 6.93. The molecule has 0 aliphatic carbocycles. The van der Waals surface area contributed by atoms with Crippen LogP contribution >= 0.6 is 0 Å². The van der Waals surface area contributed by atoms with Gasteiger partial charge in [0.15, 0.2) is 0 Å². The SMILES string of the molecule is CC(=CC(C)NCCCC(=O)O)C(=O)O. The zero-order valence-corrected chi connectivity index (χ0v) is 8.99. The van der Waals surface area contributed by atoms with Crippen molar-refractivity contribution >= 4 is 11.9 Å². The second-order valence-electron chi connectivity index (χ2n) is 3.39. The molecular weight excluding hydrogens is 198 g/mol. The first kappa shape index (κ1) is 13.6. The lowest BCUT2D eigenvalue weighted by Gasteiger charge is -2.09. The van der Waals surface area contributed by atoms with Gasteiger partial charge in [-0.15, -0.1) is 0 Å². The molecule has 0 aliphatic rings. The lowest BCUT2D eigenvalue weighted by molar-refractivity contribution is -0.137. The van der Waals surface area contributed by atoms with Crippen LogP contribution in [-0.4, -0.2) is 34.7 Å². The molecule has 0 amide bonds. The van der Waals surface area contributed by atoms with Crippen molar-refractivity contribution in [2.24, 2.45) is 0 Å². The van der Waals surface area contributed by atoms with Crippen LogP contribution < -0.4 is 5.32 Å². The summed E-state index contributed by atoms with van der Waals surface area (Å²) in [6.45, 7) is 3.92. The van der Waals surface area contributed by atoms with Gasteiger partial charge in [-0.1, -0.05) is 6.08 Å². The van der Waals surface area contributed by atoms with Crippen LogP contribution in [-0.2, 0) is 9.59 Å². The Labute approximate surface area is 88.8 Å². The Morgan fingerprint density at radius 1 is 1.40 bits per heavy atom. The van der Waals surface area contributed by atoms with Crippen LogP contribution in [0.15, 0.2) is 11.6 Å². The van der Waals surface area contributed by atoms with E-state index in [1.807, 2.05) is 6.92 Å². The highest BCUT2D eigenvalue weighted by molar-refractivity contribution is 5.85. The average molecular weight is 215 g/mol. The van der Waals surface area contributed by atoms with Crippen molar-refractivity contribution < 1.29 is 19.8 Å². The maximum atomic E-state index is 10.5. The Hall–Kier alpha value is -1.36. The van der Waals surface area contributed by atoms with Crippen LogP contribution in [0.1, 0.15) is 26.7 Å². The summed E-state index contributed by atoms with van der Waals surface area (Å²) in [6, 6.07) is -0.0603. The Balaban J connectivity index is 3.75. The van der Waals surface area contributed by atoms with Gasteiger partial charge in [-0.2, -0.15) is 0 Å². The largest absolute Gasteiger partial charge is 0.481 e. The molecule has 0 spiro atoms. The topological polar surface area (TPSA) is 86.6 Å². The number of rotatable bonds is 7. The lowest BCUT2D eigenvalue weighted by atomic mass is 10.2. The fourth-order valence-electron chi connectivity index (χ4n) is 1.07. The van der Waals surface area contributed by atoms with E-state index in [0.717, 1.165) is 0 Å². The molecule has 0 heterocycles. The standard InChI is InChI=1S/C10H17NO4/c1-7(10(14)15)6-8(2)11-5-3-4-9(12)13/h6,8,11H,3-5H2,1-2H3,(H,12,13)(H,14,15). The molecular formula is C10H17NO4. The minimum atomic E-state index is -0.936. The Bertz CT molecular complexity index is 260. The minimum absolute atomic E-state index is 0.0603. The maximum Gasteiger partial charge on any atom is 0.331 e. The fourth-order valence-corrected chi connectivity index (χ4v) is 1.07. The van der Waals surface area contributed by atoms with Crippen LogP contribution in [0.25, 0.3) is 0 Å². The smallest absolute Gasteiger partial charge is 0.331 e. The van der Waals surface area contributed by atoms with Gasteiger partial charge < -0.3 is 15.5 Å². The minimum Gasteiger partial charge on any atom is -0.481 e. The van der Waals surface area contributed by atoms with E-state index in [9.17, 15) is 9.59 Å². The van der Waals surface area contributed by atoms with Gasteiger partial charge in [0, 0.05) is 18.0 Å². The highest BCUT2D eigenvalue weighted by Gasteiger charge is 2.03. The molecule has 3 N–H and O–H groups in total. The lowest BCUT2D eigenvalue weighted by Crippen LogP contribution is -2.26. The average Bonchev–Trinajstić information content (AvgIpc) is 2.12. The normalized spacial score (nSPS) is 13.6. The molecule has 0 aliphatic heterocycles. The zero-order valence-electron chi connectivity index (χ0n) is 8.99. The van der Waals surface area contributed by atoms with Gasteiger partial charge in [0.1, 0.15) is 0 Å². The number of hydrogen-bond donors (Lipinski definition) is 3. The summed E-state index contributed by atoms with van der Waals surface area (Å²) in [6.07, 6.45) is 2.27. The molecule has 0 aromatic carbocycles. The zero-order chi connectivity index (χ0) is 11.8. The number of carboxylic acid groups (broad SMARTS) is 2. The van der Waals surface area contributed by atoms with Gasteiger partial charge in [0.2, 0.25) is 0 Å². The molecule has 0 radical (unpaired) electrons. The van der Waals surface area contributed by atoms with E-state index >= 15 is 0 Å². The molecule has 5 heteroatoms. The van der Waals surface area contributed by atoms with Gasteiger partial charge in [-0.25, -0.2) is 4.79 Å². The van der Waals surface area contributed by atoms with Crippen LogP contribution in [0.5, 0.6) is 0 Å². The van der Waals surface area contributed by atoms with E-state index in [0.29, 0.717) is 13.0 Å². The summed E-state index contributed by atoms with van der Waals surface area (Å²) in [5, 5.41) is 20.0. The van der Waals surface area contributed by atoms with Gasteiger partial charge in [0.05, 0.1) is 0 Å². The van der Waals surface area contributed by atoms with Gasteiger partial charge in [-0.3, -0.25) is 4.79 Å². The summed E-state index contributed by atoms with van der Waals surface area (Å²) in [5.41, 5.74) is 0.285. The first-order valence-corrected chi connectivity index (χ1v) is 4.80. The Morgan fingerprint density at radius 2 is 2.00 bits per heavy atom. The van der Waals surface area contributed by atoms with Gasteiger partial charge >= 0.3 is 11.9 Å². The van der Waals surface area contributed by atoms with Crippen LogP contribution in [0.2, 0.25) is 0 Å². The third kappa shape index (κ3) is 7.69. The van der Waals surface area contributed by atoms with Gasteiger partial charge in [-0.05, 0) is 26.8 Å². The van der Waals surface area contributed by atoms with E-state index in [1.165, 1.54) is 6.92 Å². The third-order valence-electron chi connectivity index (χ3n) is 1.87. The molecule has 0 aromatic rings. The fraction of sp³-hybridized carbons (Fsp3) is 0.600. The van der Waals surface area contributed by atoms with E-state index in [4.69, 9.17) is 10.2 Å². The summed E-state index contributed by atoms with van der Waals surface area (Å²) >= 11 is 0. The van der Waals surface area contributed by atoms with E-state index in [2.05, 4.69) is 5.32 Å². The molecule has 86 valence electrons. The summed E-state index contributed by atoms with van der Waals surface area (Å²) in [7, 11) is 0. The molecule has 1 unspecified atom stereocenters. The Kier molecular flexibility index (Phi) is 6.37. The predicted molar refractivity (Wildman–Crippen MR) is 55.7 cm³/mol. The molecule has 0 aromatic heterocycles. The maximum absolute atomic E-state index is 10.5. The molecule has 1 atom stereocenters. The van der Waals surface area contributed by atoms with Crippen LogP contribution in [0, 0.1) is 0 Å². The van der Waals surface area contributed by atoms with Crippen molar-refractivity contribution in [2.45, 2.75) is 32.7 Å². The number of aliphatic carboxylic acids is 2. The van der Waals surface area contributed by atoms with Crippen LogP contribution in [0.3, 0.4) is 0 Å². The highest BCUT2D eigenvalue weighted by atomic mass is 16.4. The summed E-state index contributed by atoms with van der Waals surface area (Å²) in [5.74, 6) is -1.75. The molecule has 15 heavy (non-hydrogen) atoms. The monoisotopic (exact) mass is 215 g/mol. The number of carbonyl (C=O) groups is 2. The van der Waals surface area contributed by atoms with Crippen LogP contribution in [0.4, 0.5) is 0 Å². The van der Waals surface area contributed by atoms with E-state index < -0.39 is 11.9 Å². The van der Waals surface area contributed by atoms with Crippen molar-refractivity contribution in [3.8, 4) is 0 Å². The molecule has 0 saturated carbocycles. The molecule has 5 nitrogen and oxygen atoms in total. The van der Waals surface area contributed by atoms with Crippen molar-refractivity contribution in [1.29, 1.82) is 0 Å². The second kappa shape index (κ2) is 7.00. The molecule has 0 fully saturated rings. The Morgan fingerprint density at radius 3 is 2.47 bits per heavy atom. The van der Waals surface area contributed by atoms with Crippen molar-refractivity contribution in [3.63, 3.8) is 0 Å². The number of carboxylic acids is 2. The third-order valence-corrected chi connectivity index (χ3v) is 1.87. The van der Waals surface area contributed by atoms with Crippen molar-refractivity contribution in [2.75, 3.05) is 6.54 Å². The van der Waals surface area contributed by atoms with Gasteiger partial charge in [0.25, 0.3) is 0 Å². The number of nitrogens with one attached hydrogen (secondary N) is 1. The van der Waals surface area contributed by atoms with E-state index in [-0.39, 0.29) is 18.0 Å². The molecule has 0 bridgehead atoms. The second-order valence-corrected chi connectivity index (χ2v) is 3.39. The summed E-state index contributed by atoms with van der Waals surface area (Å²) in [4.78, 5) is 20.7. The quantitative estimate of drug-likeness (QED) is 0.433. The predicted octanol–water partition coefficient (Wildman–Crippen LogP) is 0.860. The number of hydrogen-bond acceptors (Lipinski definition) is 3. The van der Waals surface area contributed by atoms with Crippen molar-refractivity contribution in [3.05, 3.63) is 11.6 Å². The highest BCUT2D eigenvalue weighted by Crippen LogP contribution is 1.96. The summed E-state index contributed by atoms with van der Waals surface area (Å²) < 4.78 is 0.